The van der Waals surface area contributed by atoms with E-state index in [0.717, 1.165) is 37.8 Å². The Morgan fingerprint density at radius 3 is 1.26 bits per heavy atom. The van der Waals surface area contributed by atoms with Crippen LogP contribution in [0.15, 0.2) is 58.3 Å². The zero-order valence-corrected chi connectivity index (χ0v) is 21.6. The van der Waals surface area contributed by atoms with Crippen LogP contribution < -0.4 is 0 Å². The monoisotopic (exact) mass is 494 g/mol. The second kappa shape index (κ2) is 11.0. The molecule has 0 aliphatic carbocycles. The lowest BCUT2D eigenvalue weighted by atomic mass is 10.1. The van der Waals surface area contributed by atoms with E-state index in [1.807, 2.05) is 13.1 Å². The van der Waals surface area contributed by atoms with E-state index in [9.17, 15) is 0 Å². The Hall–Kier alpha value is 0.384. The van der Waals surface area contributed by atoms with Gasteiger partial charge in [-0.25, -0.2) is 0 Å². The van der Waals surface area contributed by atoms with Gasteiger partial charge in [0.1, 0.15) is 0 Å². The molecule has 2 aromatic carbocycles. The molecular formula is C20H26Cl4SSi2. The van der Waals surface area contributed by atoms with Gasteiger partial charge in [0, 0.05) is 9.79 Å². The molecule has 2 aromatic rings. The van der Waals surface area contributed by atoms with Crippen LogP contribution in [0.3, 0.4) is 0 Å². The molecule has 0 radical (unpaired) electrons. The lowest BCUT2D eigenvalue weighted by Crippen LogP contribution is -2.11. The Morgan fingerprint density at radius 1 is 0.630 bits per heavy atom. The summed E-state index contributed by atoms with van der Waals surface area (Å²) in [5, 5.41) is 0. The zero-order valence-electron chi connectivity index (χ0n) is 15.8. The van der Waals surface area contributed by atoms with E-state index >= 15 is 0 Å². The molecule has 0 aliphatic heterocycles. The van der Waals surface area contributed by atoms with Crippen molar-refractivity contribution >= 4 is 69.5 Å². The minimum absolute atomic E-state index is 0.941. The summed E-state index contributed by atoms with van der Waals surface area (Å²) < 4.78 is 0. The maximum atomic E-state index is 6.16. The van der Waals surface area contributed by atoms with Crippen molar-refractivity contribution in [3.63, 3.8) is 0 Å². The van der Waals surface area contributed by atoms with Gasteiger partial charge in [-0.1, -0.05) is 36.0 Å². The van der Waals surface area contributed by atoms with Crippen LogP contribution in [0, 0.1) is 0 Å². The van der Waals surface area contributed by atoms with E-state index in [0.29, 0.717) is 0 Å². The van der Waals surface area contributed by atoms with Crippen LogP contribution in [0.4, 0.5) is 0 Å². The third-order valence-electron chi connectivity index (χ3n) is 4.24. The van der Waals surface area contributed by atoms with Crippen LogP contribution in [-0.2, 0) is 12.8 Å². The molecule has 0 fully saturated rings. The molecule has 0 saturated carbocycles. The number of hydrogen-bond donors (Lipinski definition) is 0. The Kier molecular flexibility index (Phi) is 9.60. The van der Waals surface area contributed by atoms with Gasteiger partial charge in [-0.2, -0.15) is 0 Å². The first-order valence-corrected chi connectivity index (χ1v) is 19.5. The number of rotatable bonds is 10. The molecule has 0 nitrogen and oxygen atoms in total. The van der Waals surface area contributed by atoms with E-state index < -0.39 is 13.4 Å². The highest BCUT2D eigenvalue weighted by atomic mass is 35.7. The molecule has 0 heterocycles. The van der Waals surface area contributed by atoms with E-state index in [1.54, 1.807) is 11.8 Å². The second-order valence-electron chi connectivity index (χ2n) is 7.24. The third kappa shape index (κ3) is 10.6. The molecule has 0 unspecified atom stereocenters. The molecule has 0 spiro atoms. The number of benzene rings is 2. The summed E-state index contributed by atoms with van der Waals surface area (Å²) in [6.07, 6.45) is 4.18. The maximum Gasteiger partial charge on any atom is 0.248 e. The van der Waals surface area contributed by atoms with Crippen molar-refractivity contribution in [2.75, 3.05) is 0 Å². The van der Waals surface area contributed by atoms with Crippen molar-refractivity contribution in [2.24, 2.45) is 0 Å². The molecule has 0 aliphatic rings. The molecule has 0 bridgehead atoms. The molecule has 0 atom stereocenters. The highest BCUT2D eigenvalue weighted by Crippen LogP contribution is 2.29. The van der Waals surface area contributed by atoms with Crippen molar-refractivity contribution in [2.45, 2.75) is 60.7 Å². The van der Waals surface area contributed by atoms with Gasteiger partial charge in [-0.05, 0) is 86.3 Å². The molecule has 7 heteroatoms. The molecule has 0 amide bonds. The van der Waals surface area contributed by atoms with Crippen molar-refractivity contribution in [3.8, 4) is 0 Å². The lowest BCUT2D eigenvalue weighted by Gasteiger charge is -2.10. The summed E-state index contributed by atoms with van der Waals surface area (Å²) in [5.74, 6) is 0. The van der Waals surface area contributed by atoms with Crippen LogP contribution in [0.1, 0.15) is 24.0 Å². The van der Waals surface area contributed by atoms with E-state index in [-0.39, 0.29) is 0 Å². The van der Waals surface area contributed by atoms with Gasteiger partial charge < -0.3 is 0 Å². The fraction of sp³-hybridized carbons (Fsp3) is 0.400. The normalized spacial score (nSPS) is 12.4. The third-order valence-corrected chi connectivity index (χ3v) is 9.99. The summed E-state index contributed by atoms with van der Waals surface area (Å²) in [7, 11) is 0. The average Bonchev–Trinajstić information content (AvgIpc) is 2.56. The summed E-state index contributed by atoms with van der Waals surface area (Å²) in [5.41, 5.74) is 2.69. The van der Waals surface area contributed by atoms with Crippen molar-refractivity contribution < 1.29 is 0 Å². The second-order valence-corrected chi connectivity index (χ2v) is 24.8. The Bertz CT molecular complexity index is 630. The van der Waals surface area contributed by atoms with E-state index in [1.165, 1.54) is 20.9 Å². The highest BCUT2D eigenvalue weighted by Gasteiger charge is 2.20. The zero-order chi connectivity index (χ0) is 19.9. The summed E-state index contributed by atoms with van der Waals surface area (Å²) >= 11 is 26.4. The minimum atomic E-state index is -1.97. The fourth-order valence-corrected chi connectivity index (χ4v) is 6.81. The maximum absolute atomic E-state index is 6.16. The molecule has 0 saturated heterocycles. The topological polar surface area (TPSA) is 0 Å². The number of hydrogen-bond acceptors (Lipinski definition) is 1. The predicted molar refractivity (Wildman–Crippen MR) is 130 cm³/mol. The smallest absolute Gasteiger partial charge is 0.146 e. The quantitative estimate of drug-likeness (QED) is 0.234. The van der Waals surface area contributed by atoms with Gasteiger partial charge in [-0.15, -0.1) is 44.3 Å². The molecule has 0 N–H and O–H groups in total. The largest absolute Gasteiger partial charge is 0.248 e. The van der Waals surface area contributed by atoms with Crippen LogP contribution in [0.2, 0.25) is 25.2 Å². The molecule has 27 heavy (non-hydrogen) atoms. The molecule has 148 valence electrons. The Morgan fingerprint density at radius 2 is 0.963 bits per heavy atom. The predicted octanol–water partition coefficient (Wildman–Crippen LogP) is 8.80. The SMILES string of the molecule is C[Si](Cl)(Cl)CCCc1ccc(Sc2ccc(CCC[Si](C)(Cl)Cl)cc2)cc1. The Labute approximate surface area is 188 Å². The van der Waals surface area contributed by atoms with Gasteiger partial charge >= 0.3 is 0 Å². The van der Waals surface area contributed by atoms with Crippen LogP contribution >= 0.6 is 56.1 Å². The van der Waals surface area contributed by atoms with Gasteiger partial charge in [0.05, 0.1) is 0 Å². The lowest BCUT2D eigenvalue weighted by molar-refractivity contribution is 0.909. The van der Waals surface area contributed by atoms with Crippen LogP contribution in [0.5, 0.6) is 0 Å². The van der Waals surface area contributed by atoms with Gasteiger partial charge in [0.25, 0.3) is 0 Å². The standard InChI is InChI=1S/C20H26Cl4SSi2/c1-26(21,22)15-3-5-17-7-11-19(12-8-17)25-20-13-9-18(10-14-20)6-4-16-27(2,23)24/h7-14H,3-6,15-16H2,1-2H3. The first-order valence-electron chi connectivity index (χ1n) is 9.22. The van der Waals surface area contributed by atoms with Crippen molar-refractivity contribution in [3.05, 3.63) is 59.7 Å². The van der Waals surface area contributed by atoms with Crippen LogP contribution in [-0.4, -0.2) is 13.4 Å². The first kappa shape index (κ1) is 23.7. The molecular weight excluding hydrogens is 470 g/mol. The van der Waals surface area contributed by atoms with Gasteiger partial charge in [0.15, 0.2) is 0 Å². The fourth-order valence-electron chi connectivity index (χ4n) is 2.79. The van der Waals surface area contributed by atoms with Crippen molar-refractivity contribution in [1.82, 2.24) is 0 Å². The summed E-state index contributed by atoms with van der Waals surface area (Å²) in [6.45, 7) is 0.0303. The molecule has 2 rings (SSSR count). The average molecular weight is 496 g/mol. The number of aryl methyl sites for hydroxylation is 2. The van der Waals surface area contributed by atoms with E-state index in [2.05, 4.69) is 48.5 Å². The molecule has 0 aromatic heterocycles. The van der Waals surface area contributed by atoms with Crippen LogP contribution in [0.25, 0.3) is 0 Å². The minimum Gasteiger partial charge on any atom is -0.146 e. The van der Waals surface area contributed by atoms with Crippen molar-refractivity contribution in [1.29, 1.82) is 0 Å². The summed E-state index contributed by atoms with van der Waals surface area (Å²) in [4.78, 5) is 2.51. The Balaban J connectivity index is 1.81. The highest BCUT2D eigenvalue weighted by molar-refractivity contribution is 7.99. The van der Waals surface area contributed by atoms with Gasteiger partial charge in [0.2, 0.25) is 13.4 Å². The first-order chi connectivity index (χ1) is 12.6. The number of halogens is 4. The van der Waals surface area contributed by atoms with Gasteiger partial charge in [-0.3, -0.25) is 0 Å². The summed E-state index contributed by atoms with van der Waals surface area (Å²) in [6, 6.07) is 19.5. The van der Waals surface area contributed by atoms with E-state index in [4.69, 9.17) is 44.3 Å².